The summed E-state index contributed by atoms with van der Waals surface area (Å²) >= 11 is 2.06. The fraction of sp³-hybridized carbons (Fsp3) is 1.00. The van der Waals surface area contributed by atoms with Crippen LogP contribution in [0, 0.1) is 0 Å². The van der Waals surface area contributed by atoms with Crippen LogP contribution in [0.3, 0.4) is 0 Å². The number of ether oxygens (including phenoxy) is 2. The van der Waals surface area contributed by atoms with Gasteiger partial charge in [-0.3, -0.25) is 0 Å². The first-order chi connectivity index (χ1) is 4.85. The third-order valence-corrected chi connectivity index (χ3v) is 1.97. The minimum atomic E-state index is 0.0484. The summed E-state index contributed by atoms with van der Waals surface area (Å²) in [6.45, 7) is 1.14. The Bertz CT molecular complexity index is 73.9. The predicted molar refractivity (Wildman–Crippen MR) is 50.2 cm³/mol. The molecular formula is C5H11IO3S. The lowest BCUT2D eigenvalue weighted by atomic mass is 10.4. The Morgan fingerprint density at radius 2 is 2.10 bits per heavy atom. The van der Waals surface area contributed by atoms with Crippen LogP contribution in [0.2, 0.25) is 0 Å². The van der Waals surface area contributed by atoms with Crippen molar-refractivity contribution in [2.45, 2.75) is 6.10 Å². The van der Waals surface area contributed by atoms with Crippen LogP contribution < -0.4 is 0 Å². The molecule has 0 saturated heterocycles. The molecule has 0 aliphatic rings. The summed E-state index contributed by atoms with van der Waals surface area (Å²) in [6.07, 6.45) is 0.0484. The van der Waals surface area contributed by atoms with E-state index in [2.05, 4.69) is 21.2 Å². The highest BCUT2D eigenvalue weighted by Crippen LogP contribution is 2.12. The highest BCUT2D eigenvalue weighted by Gasteiger charge is 2.05. The molecule has 1 atom stereocenters. The van der Waals surface area contributed by atoms with Gasteiger partial charge in [-0.15, -0.1) is 0 Å². The lowest BCUT2D eigenvalue weighted by molar-refractivity contribution is 0.00551. The van der Waals surface area contributed by atoms with Crippen molar-refractivity contribution in [3.8, 4) is 0 Å². The number of halogens is 1. The molecule has 0 radical (unpaired) electrons. The fourth-order valence-electron chi connectivity index (χ4n) is 0.472. The average Bonchev–Trinajstić information content (AvgIpc) is 1.98. The van der Waals surface area contributed by atoms with Gasteiger partial charge in [0.05, 0.1) is 22.4 Å². The fourth-order valence-corrected chi connectivity index (χ4v) is 1.12. The molecule has 1 unspecified atom stereocenters. The second kappa shape index (κ2) is 8.06. The second-order valence-electron chi connectivity index (χ2n) is 1.66. The normalized spacial score (nSPS) is 13.5. The van der Waals surface area contributed by atoms with Crippen LogP contribution in [-0.2, 0) is 13.7 Å². The second-order valence-corrected chi connectivity index (χ2v) is 3.10. The summed E-state index contributed by atoms with van der Waals surface area (Å²) in [5, 5.41) is 0. The highest BCUT2D eigenvalue weighted by atomic mass is 127. The zero-order chi connectivity index (χ0) is 7.82. The van der Waals surface area contributed by atoms with E-state index < -0.39 is 0 Å². The van der Waals surface area contributed by atoms with Crippen LogP contribution in [-0.4, -0.2) is 33.5 Å². The Kier molecular flexibility index (Phi) is 8.83. The van der Waals surface area contributed by atoms with E-state index in [1.165, 1.54) is 9.21 Å². The first-order valence-electron chi connectivity index (χ1n) is 2.77. The summed E-state index contributed by atoms with van der Waals surface area (Å²) in [6, 6.07) is 0. The summed E-state index contributed by atoms with van der Waals surface area (Å²) < 4.78 is 14.9. The molecule has 3 nitrogen and oxygen atoms in total. The SMILES string of the molecule is COCC(COSI)OC. The molecule has 0 aliphatic heterocycles. The van der Waals surface area contributed by atoms with E-state index in [0.717, 1.165) is 0 Å². The maximum atomic E-state index is 5.04. The molecule has 0 rings (SSSR count). The summed E-state index contributed by atoms with van der Waals surface area (Å²) in [7, 11) is 4.59. The van der Waals surface area contributed by atoms with E-state index in [1.807, 2.05) is 0 Å². The molecule has 0 spiro atoms. The monoisotopic (exact) mass is 278 g/mol. The summed E-state index contributed by atoms with van der Waals surface area (Å²) in [4.78, 5) is 0. The van der Waals surface area contributed by atoms with Gasteiger partial charge in [-0.25, -0.2) is 0 Å². The number of methoxy groups -OCH3 is 2. The van der Waals surface area contributed by atoms with Gasteiger partial charge in [0, 0.05) is 35.4 Å². The quantitative estimate of drug-likeness (QED) is 0.545. The lowest BCUT2D eigenvalue weighted by Crippen LogP contribution is -2.21. The van der Waals surface area contributed by atoms with Crippen molar-refractivity contribution in [1.29, 1.82) is 0 Å². The number of hydrogen-bond acceptors (Lipinski definition) is 4. The maximum Gasteiger partial charge on any atom is 0.105 e. The zero-order valence-corrected chi connectivity index (χ0v) is 8.98. The molecule has 0 aliphatic carbocycles. The van der Waals surface area contributed by atoms with Crippen LogP contribution in [0.4, 0.5) is 0 Å². The Labute approximate surface area is 77.6 Å². The van der Waals surface area contributed by atoms with E-state index in [1.54, 1.807) is 14.2 Å². The van der Waals surface area contributed by atoms with Crippen molar-refractivity contribution < 1.29 is 13.7 Å². The van der Waals surface area contributed by atoms with Gasteiger partial charge in [0.15, 0.2) is 0 Å². The smallest absolute Gasteiger partial charge is 0.105 e. The van der Waals surface area contributed by atoms with Crippen molar-refractivity contribution in [3.05, 3.63) is 0 Å². The molecule has 5 heteroatoms. The summed E-state index contributed by atoms with van der Waals surface area (Å²) in [5.41, 5.74) is 0. The summed E-state index contributed by atoms with van der Waals surface area (Å²) in [5.74, 6) is 0. The van der Waals surface area contributed by atoms with Gasteiger partial charge in [0.25, 0.3) is 0 Å². The zero-order valence-electron chi connectivity index (χ0n) is 6.00. The molecule has 0 saturated carbocycles. The number of rotatable bonds is 6. The van der Waals surface area contributed by atoms with Crippen LogP contribution in [0.15, 0.2) is 0 Å². The molecule has 0 heterocycles. The average molecular weight is 278 g/mol. The van der Waals surface area contributed by atoms with Crippen molar-refractivity contribution in [3.63, 3.8) is 0 Å². The predicted octanol–water partition coefficient (Wildman–Crippen LogP) is 1.66. The van der Waals surface area contributed by atoms with Gasteiger partial charge in [-0.2, -0.15) is 0 Å². The Morgan fingerprint density at radius 1 is 1.40 bits per heavy atom. The van der Waals surface area contributed by atoms with Gasteiger partial charge in [0.2, 0.25) is 0 Å². The van der Waals surface area contributed by atoms with Crippen LogP contribution in [0.25, 0.3) is 0 Å². The molecule has 10 heavy (non-hydrogen) atoms. The molecule has 0 aromatic carbocycles. The number of hydrogen-bond donors (Lipinski definition) is 0. The molecule has 0 N–H and O–H groups in total. The van der Waals surface area contributed by atoms with E-state index in [9.17, 15) is 0 Å². The first kappa shape index (κ1) is 11.0. The third-order valence-electron chi connectivity index (χ3n) is 0.984. The minimum absolute atomic E-state index is 0.0484. The van der Waals surface area contributed by atoms with Crippen molar-refractivity contribution in [2.24, 2.45) is 0 Å². The third kappa shape index (κ3) is 5.72. The largest absolute Gasteiger partial charge is 0.382 e. The van der Waals surface area contributed by atoms with Gasteiger partial charge in [-0.05, 0) is 0 Å². The standard InChI is InChI=1S/C5H11IO3S/c1-7-3-5(8-2)4-9-10-6/h5H,3-4H2,1-2H3. The van der Waals surface area contributed by atoms with Crippen LogP contribution in [0.1, 0.15) is 0 Å². The van der Waals surface area contributed by atoms with E-state index >= 15 is 0 Å². The van der Waals surface area contributed by atoms with Gasteiger partial charge < -0.3 is 13.7 Å². The Balaban J connectivity index is 3.21. The molecule has 0 aromatic heterocycles. The topological polar surface area (TPSA) is 27.7 Å². The van der Waals surface area contributed by atoms with E-state index in [0.29, 0.717) is 13.2 Å². The Morgan fingerprint density at radius 3 is 2.50 bits per heavy atom. The molecule has 0 amide bonds. The first-order valence-corrected chi connectivity index (χ1v) is 6.05. The highest BCUT2D eigenvalue weighted by molar-refractivity contribution is 14.2. The lowest BCUT2D eigenvalue weighted by Gasteiger charge is -2.11. The molecule has 0 bridgehead atoms. The molecular weight excluding hydrogens is 267 g/mol. The maximum absolute atomic E-state index is 5.04. The van der Waals surface area contributed by atoms with Gasteiger partial charge in [-0.1, -0.05) is 0 Å². The van der Waals surface area contributed by atoms with Crippen LogP contribution in [0.5, 0.6) is 0 Å². The van der Waals surface area contributed by atoms with Crippen LogP contribution >= 0.6 is 30.4 Å². The van der Waals surface area contributed by atoms with Crippen molar-refractivity contribution >= 4 is 30.4 Å². The van der Waals surface area contributed by atoms with Crippen molar-refractivity contribution in [1.82, 2.24) is 0 Å². The van der Waals surface area contributed by atoms with E-state index in [-0.39, 0.29) is 6.10 Å². The molecule has 0 aromatic rings. The minimum Gasteiger partial charge on any atom is -0.382 e. The van der Waals surface area contributed by atoms with Gasteiger partial charge in [0.1, 0.15) is 6.10 Å². The van der Waals surface area contributed by atoms with Crippen molar-refractivity contribution in [2.75, 3.05) is 27.4 Å². The van der Waals surface area contributed by atoms with Gasteiger partial charge >= 0.3 is 0 Å². The van der Waals surface area contributed by atoms with E-state index in [4.69, 9.17) is 13.7 Å². The molecule has 62 valence electrons. The Hall–Kier alpha value is 0.960. The molecule has 0 fully saturated rings.